The maximum atomic E-state index is 3.74. The lowest BCUT2D eigenvalue weighted by atomic mass is 9.89. The summed E-state index contributed by atoms with van der Waals surface area (Å²) < 4.78 is 0. The lowest BCUT2D eigenvalue weighted by molar-refractivity contribution is 1.56. The summed E-state index contributed by atoms with van der Waals surface area (Å²) in [6, 6.07) is 40.4. The normalized spacial score (nSPS) is 12.7. The average Bonchev–Trinajstić information content (AvgIpc) is 3.54. The molecule has 2 heteroatoms. The molecule has 2 nitrogen and oxygen atoms in total. The van der Waals surface area contributed by atoms with Gasteiger partial charge in [0, 0.05) is 43.6 Å². The van der Waals surface area contributed by atoms with Crippen molar-refractivity contribution in [3.8, 4) is 0 Å². The number of aromatic amines is 2. The van der Waals surface area contributed by atoms with Gasteiger partial charge in [0.2, 0.25) is 0 Å². The van der Waals surface area contributed by atoms with Crippen LogP contribution in [0.2, 0.25) is 0 Å². The fourth-order valence-electron chi connectivity index (χ4n) is 7.27. The molecule has 0 aliphatic rings. The molecule has 0 saturated heterocycles. The fraction of sp³-hybridized carbons (Fsp3) is 0. The van der Waals surface area contributed by atoms with Crippen molar-refractivity contribution in [2.45, 2.75) is 0 Å². The summed E-state index contributed by atoms with van der Waals surface area (Å²) in [7, 11) is 0. The number of rotatable bonds is 0. The number of hydrogen-bond acceptors (Lipinski definition) is 0. The highest BCUT2D eigenvalue weighted by molar-refractivity contribution is 6.39. The zero-order valence-corrected chi connectivity index (χ0v) is 20.4. The number of hydrogen-bond donors (Lipinski definition) is 2. The molecule has 2 heterocycles. The highest BCUT2D eigenvalue weighted by atomic mass is 14.7. The summed E-state index contributed by atoms with van der Waals surface area (Å²) in [4.78, 5) is 7.47. The van der Waals surface area contributed by atoms with Crippen molar-refractivity contribution in [2.75, 3.05) is 0 Å². The Morgan fingerprint density at radius 1 is 0.289 bits per heavy atom. The first kappa shape index (κ1) is 19.1. The molecule has 0 aliphatic heterocycles. The van der Waals surface area contributed by atoms with Crippen LogP contribution in [-0.4, -0.2) is 9.97 Å². The third-order valence-corrected chi connectivity index (χ3v) is 8.80. The Labute approximate surface area is 216 Å². The molecule has 38 heavy (non-hydrogen) atoms. The van der Waals surface area contributed by atoms with E-state index in [0.717, 1.165) is 0 Å². The van der Waals surface area contributed by atoms with Crippen LogP contribution in [0, 0.1) is 0 Å². The standard InChI is InChI=1S/C36H20N2/c1-3-7-23-19(5-1)11-15-27-33(23)35-25-13-14-26-32-22(10-9-21(31(25)32)17-29(35)37-27)18-30-36(26)34-24-8-4-2-6-20(24)12-16-28(34)38-30/h1-18,37-38H. The molecule has 0 amide bonds. The molecule has 2 N–H and O–H groups in total. The second kappa shape index (κ2) is 6.42. The third-order valence-electron chi connectivity index (χ3n) is 8.80. The molecule has 0 unspecified atom stereocenters. The molecule has 0 aliphatic carbocycles. The molecule has 174 valence electrons. The van der Waals surface area contributed by atoms with Crippen molar-refractivity contribution in [3.63, 3.8) is 0 Å². The molecule has 0 saturated carbocycles. The zero-order valence-electron chi connectivity index (χ0n) is 20.4. The van der Waals surface area contributed by atoms with E-state index in [2.05, 4.69) is 119 Å². The van der Waals surface area contributed by atoms with Gasteiger partial charge in [0.05, 0.1) is 0 Å². The van der Waals surface area contributed by atoms with E-state index in [9.17, 15) is 0 Å². The van der Waals surface area contributed by atoms with Gasteiger partial charge in [-0.05, 0) is 78.1 Å². The second-order valence-corrected chi connectivity index (χ2v) is 10.7. The van der Waals surface area contributed by atoms with Crippen molar-refractivity contribution in [3.05, 3.63) is 109 Å². The van der Waals surface area contributed by atoms with Crippen LogP contribution in [0.1, 0.15) is 0 Å². The van der Waals surface area contributed by atoms with Gasteiger partial charge in [-0.15, -0.1) is 0 Å². The molecule has 8 aromatic carbocycles. The lowest BCUT2D eigenvalue weighted by Gasteiger charge is -2.13. The third kappa shape index (κ3) is 2.17. The number of H-pyrrole nitrogens is 2. The summed E-state index contributed by atoms with van der Waals surface area (Å²) >= 11 is 0. The van der Waals surface area contributed by atoms with E-state index in [1.807, 2.05) is 0 Å². The molecular formula is C36H20N2. The minimum Gasteiger partial charge on any atom is -0.354 e. The van der Waals surface area contributed by atoms with E-state index >= 15 is 0 Å². The molecule has 0 atom stereocenters. The van der Waals surface area contributed by atoms with Crippen LogP contribution in [0.5, 0.6) is 0 Å². The number of benzene rings is 8. The van der Waals surface area contributed by atoms with Gasteiger partial charge in [-0.1, -0.05) is 84.9 Å². The number of fused-ring (bicyclic) bond motifs is 12. The van der Waals surface area contributed by atoms with E-state index in [1.54, 1.807) is 0 Å². The summed E-state index contributed by atoms with van der Waals surface area (Å²) in [5.74, 6) is 0. The van der Waals surface area contributed by atoms with Crippen LogP contribution in [0.25, 0.3) is 97.5 Å². The van der Waals surface area contributed by atoms with E-state index in [1.165, 1.54) is 97.5 Å². The Hall–Kier alpha value is -5.08. The quantitative estimate of drug-likeness (QED) is 0.202. The van der Waals surface area contributed by atoms with Gasteiger partial charge in [-0.3, -0.25) is 0 Å². The summed E-state index contributed by atoms with van der Waals surface area (Å²) in [5, 5.41) is 18.4. The first-order valence-electron chi connectivity index (χ1n) is 13.2. The fourth-order valence-corrected chi connectivity index (χ4v) is 7.27. The second-order valence-electron chi connectivity index (χ2n) is 10.7. The topological polar surface area (TPSA) is 31.6 Å². The van der Waals surface area contributed by atoms with E-state index in [4.69, 9.17) is 0 Å². The molecule has 0 spiro atoms. The molecular weight excluding hydrogens is 460 g/mol. The smallest absolute Gasteiger partial charge is 0.0477 e. The van der Waals surface area contributed by atoms with Crippen molar-refractivity contribution in [2.24, 2.45) is 0 Å². The molecule has 0 fully saturated rings. The summed E-state index contributed by atoms with van der Waals surface area (Å²) in [6.07, 6.45) is 0. The predicted molar refractivity (Wildman–Crippen MR) is 164 cm³/mol. The van der Waals surface area contributed by atoms with Crippen molar-refractivity contribution in [1.82, 2.24) is 9.97 Å². The maximum absolute atomic E-state index is 3.74. The Bertz CT molecular complexity index is 2430. The largest absolute Gasteiger partial charge is 0.354 e. The average molecular weight is 481 g/mol. The SMILES string of the molecule is c1ccc2c(c1)ccc1[nH]c3cc4ccc5cc6[nH]c7ccc8ccccc8c7c6c6ccc(c4c56)c3c12. The zero-order chi connectivity index (χ0) is 24.5. The van der Waals surface area contributed by atoms with Crippen molar-refractivity contribution in [1.29, 1.82) is 0 Å². The van der Waals surface area contributed by atoms with E-state index in [-0.39, 0.29) is 0 Å². The lowest BCUT2D eigenvalue weighted by Crippen LogP contribution is -1.86. The first-order chi connectivity index (χ1) is 18.8. The predicted octanol–water partition coefficient (Wildman–Crippen LogP) is 10.2. The van der Waals surface area contributed by atoms with Crippen molar-refractivity contribution >= 4 is 97.5 Å². The molecule has 2 aromatic heterocycles. The monoisotopic (exact) mass is 480 g/mol. The van der Waals surface area contributed by atoms with Crippen LogP contribution in [0.15, 0.2) is 109 Å². The van der Waals surface area contributed by atoms with Crippen LogP contribution in [0.3, 0.4) is 0 Å². The minimum atomic E-state index is 1.19. The maximum Gasteiger partial charge on any atom is 0.0477 e. The van der Waals surface area contributed by atoms with Gasteiger partial charge in [0.15, 0.2) is 0 Å². The van der Waals surface area contributed by atoms with Gasteiger partial charge >= 0.3 is 0 Å². The Kier molecular flexibility index (Phi) is 3.23. The van der Waals surface area contributed by atoms with Gasteiger partial charge in [-0.25, -0.2) is 0 Å². The minimum absolute atomic E-state index is 1.19. The molecule has 10 rings (SSSR count). The van der Waals surface area contributed by atoms with Crippen molar-refractivity contribution < 1.29 is 0 Å². The Morgan fingerprint density at radius 2 is 0.711 bits per heavy atom. The first-order valence-corrected chi connectivity index (χ1v) is 13.2. The van der Waals surface area contributed by atoms with Gasteiger partial charge in [-0.2, -0.15) is 0 Å². The van der Waals surface area contributed by atoms with Crippen LogP contribution in [-0.2, 0) is 0 Å². The number of aromatic nitrogens is 2. The van der Waals surface area contributed by atoms with Crippen LogP contribution in [0.4, 0.5) is 0 Å². The Balaban J connectivity index is 1.48. The molecule has 0 bridgehead atoms. The molecule has 10 aromatic rings. The Morgan fingerprint density at radius 3 is 1.21 bits per heavy atom. The van der Waals surface area contributed by atoms with E-state index in [0.29, 0.717) is 0 Å². The van der Waals surface area contributed by atoms with E-state index < -0.39 is 0 Å². The summed E-state index contributed by atoms with van der Waals surface area (Å²) in [5.41, 5.74) is 4.79. The summed E-state index contributed by atoms with van der Waals surface area (Å²) in [6.45, 7) is 0. The van der Waals surface area contributed by atoms with Gasteiger partial charge in [0.25, 0.3) is 0 Å². The number of nitrogens with one attached hydrogen (secondary N) is 2. The molecule has 0 radical (unpaired) electrons. The van der Waals surface area contributed by atoms with Crippen LogP contribution >= 0.6 is 0 Å². The van der Waals surface area contributed by atoms with Gasteiger partial charge in [0.1, 0.15) is 0 Å². The van der Waals surface area contributed by atoms with Crippen LogP contribution < -0.4 is 0 Å². The van der Waals surface area contributed by atoms with Gasteiger partial charge < -0.3 is 9.97 Å². The highest BCUT2D eigenvalue weighted by Gasteiger charge is 2.19. The highest BCUT2D eigenvalue weighted by Crippen LogP contribution is 2.46.